The van der Waals surface area contributed by atoms with Gasteiger partial charge in [-0.25, -0.2) is 4.79 Å². The quantitative estimate of drug-likeness (QED) is 0.104. The highest BCUT2D eigenvalue weighted by molar-refractivity contribution is 7.55. The normalized spacial score (nSPS) is 13.1. The van der Waals surface area contributed by atoms with E-state index < -0.39 is 42.1 Å². The molecule has 0 aliphatic heterocycles. The van der Waals surface area contributed by atoms with Crippen molar-refractivity contribution in [2.45, 2.75) is 32.9 Å². The molecule has 2 amide bonds. The van der Waals surface area contributed by atoms with Crippen LogP contribution in [-0.2, 0) is 65.7 Å². The van der Waals surface area contributed by atoms with Gasteiger partial charge in [0.15, 0.2) is 0 Å². The first kappa shape index (κ1) is 51.5. The number of carbonyl (C=O) groups is 2. The molecule has 1 aromatic rings. The summed E-state index contributed by atoms with van der Waals surface area (Å²) in [5.41, 5.74) is 0.519. The molecule has 0 radical (unpaired) electrons. The number of benzene rings is 1. The number of rotatable bonds is 28. The minimum absolute atomic E-state index is 0.156. The SMILES string of the molecule is COP(=O)(CN(CCN(CCNC(=O)c1ccc(CNC(=O)OC(C)(C)C)cc1)CCN(CP(=O)(OC)OC)CP(=O)(OC)OC)CP(=O)(OC)OC)OC. The van der Waals surface area contributed by atoms with E-state index in [9.17, 15) is 27.8 Å². The fourth-order valence-corrected chi connectivity index (χ4v) is 9.47. The van der Waals surface area contributed by atoms with Crippen LogP contribution >= 0.6 is 30.4 Å². The highest BCUT2D eigenvalue weighted by Gasteiger charge is 2.34. The summed E-state index contributed by atoms with van der Waals surface area (Å²) in [4.78, 5) is 30.2. The third kappa shape index (κ3) is 19.6. The van der Waals surface area contributed by atoms with Gasteiger partial charge in [0.25, 0.3) is 5.91 Å². The number of nitrogens with zero attached hydrogens (tertiary/aromatic N) is 3. The van der Waals surface area contributed by atoms with E-state index >= 15 is 0 Å². The highest BCUT2D eigenvalue weighted by Crippen LogP contribution is 2.52. The minimum Gasteiger partial charge on any atom is -0.444 e. The lowest BCUT2D eigenvalue weighted by Gasteiger charge is -2.32. The number of hydrogen-bond donors (Lipinski definition) is 2. The lowest BCUT2D eigenvalue weighted by atomic mass is 10.1. The van der Waals surface area contributed by atoms with Gasteiger partial charge in [0, 0.05) is 108 Å². The fourth-order valence-electron chi connectivity index (χ4n) is 4.71. The van der Waals surface area contributed by atoms with Crippen LogP contribution in [0.15, 0.2) is 24.3 Å². The fraction of sp³-hybridized carbons (Fsp3) is 0.742. The molecule has 0 aliphatic rings. The average molecular weight is 868 g/mol. The molecule has 0 bridgehead atoms. The number of ether oxygens (including phenoxy) is 1. The standard InChI is InChI=1S/C31H61N5O15P4/c1-31(2,3)51-30(38)33-22-27-12-14-28(15-13-27)29(37)32-16-17-34(18-20-35(23-52(39,43-4)44-5)24-53(40,45-6)46-7)19-21-36(25-54(41,47-8)48-9)26-55(42,49-10)50-11/h12-15H,16-26H2,1-11H3,(H,32,37)(H,33,38). The van der Waals surface area contributed by atoms with E-state index in [1.165, 1.54) is 56.9 Å². The molecule has 0 aromatic heterocycles. The van der Waals surface area contributed by atoms with Crippen LogP contribution in [-0.4, -0.2) is 154 Å². The average Bonchev–Trinajstić information content (AvgIpc) is 3.16. The van der Waals surface area contributed by atoms with Crippen molar-refractivity contribution in [2.24, 2.45) is 0 Å². The van der Waals surface area contributed by atoms with Crippen LogP contribution in [0.25, 0.3) is 0 Å². The molecule has 1 aromatic carbocycles. The number of nitrogens with one attached hydrogen (secondary N) is 2. The molecule has 0 unspecified atom stereocenters. The summed E-state index contributed by atoms with van der Waals surface area (Å²) in [6.07, 6.45) is -1.53. The molecular weight excluding hydrogens is 806 g/mol. The second-order valence-corrected chi connectivity index (χ2v) is 21.8. The van der Waals surface area contributed by atoms with Gasteiger partial charge in [-0.05, 0) is 38.5 Å². The first-order valence-corrected chi connectivity index (χ1v) is 23.9. The molecule has 0 aliphatic carbocycles. The number of carbonyl (C=O) groups excluding carboxylic acids is 2. The monoisotopic (exact) mass is 867 g/mol. The molecule has 2 N–H and O–H groups in total. The Morgan fingerprint density at radius 1 is 0.545 bits per heavy atom. The molecule has 0 atom stereocenters. The van der Waals surface area contributed by atoms with E-state index in [2.05, 4.69) is 10.6 Å². The van der Waals surface area contributed by atoms with Crippen molar-refractivity contribution in [1.82, 2.24) is 25.3 Å². The Balaban J connectivity index is 3.24. The molecule has 1 rings (SSSR count). The molecule has 0 heterocycles. The van der Waals surface area contributed by atoms with Crippen LogP contribution in [0, 0.1) is 0 Å². The summed E-state index contributed by atoms with van der Waals surface area (Å²) in [5.74, 6) is -0.348. The van der Waals surface area contributed by atoms with E-state index in [1.807, 2.05) is 4.90 Å². The summed E-state index contributed by atoms with van der Waals surface area (Å²) in [6.45, 7) is 6.79. The second kappa shape index (κ2) is 24.4. The Bertz CT molecular complexity index is 1360. The molecule has 320 valence electrons. The lowest BCUT2D eigenvalue weighted by molar-refractivity contribution is 0.0523. The van der Waals surface area contributed by atoms with Crippen molar-refractivity contribution >= 4 is 42.4 Å². The second-order valence-electron chi connectivity index (χ2n) is 12.9. The smallest absolute Gasteiger partial charge is 0.407 e. The van der Waals surface area contributed by atoms with E-state index in [1.54, 1.807) is 54.8 Å². The van der Waals surface area contributed by atoms with Crippen molar-refractivity contribution in [3.05, 3.63) is 35.4 Å². The van der Waals surface area contributed by atoms with Crippen LogP contribution in [0.5, 0.6) is 0 Å². The maximum atomic E-state index is 13.1. The summed E-state index contributed by atoms with van der Waals surface area (Å²) >= 11 is 0. The Morgan fingerprint density at radius 3 is 1.22 bits per heavy atom. The molecule has 55 heavy (non-hydrogen) atoms. The van der Waals surface area contributed by atoms with Gasteiger partial charge in [-0.1, -0.05) is 12.1 Å². The third-order valence-electron chi connectivity index (χ3n) is 7.95. The first-order valence-electron chi connectivity index (χ1n) is 17.0. The summed E-state index contributed by atoms with van der Waals surface area (Å²) < 4.78 is 98.8. The Hall–Kier alpha value is -1.56. The van der Waals surface area contributed by atoms with Gasteiger partial charge in [-0.2, -0.15) is 0 Å². The van der Waals surface area contributed by atoms with Gasteiger partial charge in [-0.3, -0.25) is 37.8 Å². The van der Waals surface area contributed by atoms with Crippen LogP contribution in [0.4, 0.5) is 4.79 Å². The van der Waals surface area contributed by atoms with Crippen molar-refractivity contribution in [2.75, 3.05) is 121 Å². The van der Waals surface area contributed by atoms with Crippen LogP contribution in [0.1, 0.15) is 36.7 Å². The molecule has 0 saturated heterocycles. The van der Waals surface area contributed by atoms with Gasteiger partial charge >= 0.3 is 36.5 Å². The summed E-state index contributed by atoms with van der Waals surface area (Å²) in [6, 6.07) is 6.71. The minimum atomic E-state index is -3.62. The zero-order valence-corrected chi connectivity index (χ0v) is 37.4. The van der Waals surface area contributed by atoms with Crippen molar-refractivity contribution in [3.63, 3.8) is 0 Å². The largest absolute Gasteiger partial charge is 0.444 e. The maximum Gasteiger partial charge on any atom is 0.407 e. The lowest BCUT2D eigenvalue weighted by Crippen LogP contribution is -2.44. The van der Waals surface area contributed by atoms with Gasteiger partial charge in [0.1, 0.15) is 30.7 Å². The maximum absolute atomic E-state index is 13.1. The van der Waals surface area contributed by atoms with Gasteiger partial charge in [0.2, 0.25) is 0 Å². The van der Waals surface area contributed by atoms with Gasteiger partial charge in [-0.15, -0.1) is 0 Å². The zero-order chi connectivity index (χ0) is 41.9. The first-order chi connectivity index (χ1) is 25.7. The Labute approximate surface area is 325 Å². The van der Waals surface area contributed by atoms with E-state index in [-0.39, 0.29) is 76.9 Å². The Morgan fingerprint density at radius 2 is 0.891 bits per heavy atom. The predicted octanol–water partition coefficient (Wildman–Crippen LogP) is 5.12. The number of amides is 2. The molecule has 0 saturated carbocycles. The van der Waals surface area contributed by atoms with Crippen molar-refractivity contribution in [3.8, 4) is 0 Å². The van der Waals surface area contributed by atoms with Gasteiger partial charge in [0.05, 0.1) is 0 Å². The van der Waals surface area contributed by atoms with E-state index in [0.29, 0.717) is 5.56 Å². The highest BCUT2D eigenvalue weighted by atomic mass is 31.2. The zero-order valence-electron chi connectivity index (χ0n) is 33.8. The Kier molecular flexibility index (Phi) is 22.8. The van der Waals surface area contributed by atoms with E-state index in [4.69, 9.17) is 40.9 Å². The third-order valence-corrected chi connectivity index (χ3v) is 15.4. The number of hydrogen-bond acceptors (Lipinski definition) is 18. The summed E-state index contributed by atoms with van der Waals surface area (Å²) in [7, 11) is -4.56. The topological polar surface area (TPSA) is 219 Å². The van der Waals surface area contributed by atoms with Gasteiger partial charge < -0.3 is 51.6 Å². The molecule has 0 fully saturated rings. The molecule has 24 heteroatoms. The molecule has 20 nitrogen and oxygen atoms in total. The molecular formula is C31H61N5O15P4. The predicted molar refractivity (Wildman–Crippen MR) is 208 cm³/mol. The number of alkyl carbamates (subject to hydrolysis) is 1. The van der Waals surface area contributed by atoms with Crippen molar-refractivity contribution in [1.29, 1.82) is 0 Å². The van der Waals surface area contributed by atoms with Crippen LogP contribution < -0.4 is 10.6 Å². The van der Waals surface area contributed by atoms with E-state index in [0.717, 1.165) is 5.56 Å². The summed E-state index contributed by atoms with van der Waals surface area (Å²) in [5, 5.41) is 5.56. The van der Waals surface area contributed by atoms with Crippen LogP contribution in [0.3, 0.4) is 0 Å². The van der Waals surface area contributed by atoms with Crippen molar-refractivity contribution < 1.29 is 68.8 Å². The molecule has 0 spiro atoms. The van der Waals surface area contributed by atoms with Crippen LogP contribution in [0.2, 0.25) is 0 Å².